The molecule has 0 aliphatic rings. The van der Waals surface area contributed by atoms with Crippen LogP contribution in [0.1, 0.15) is 5.56 Å². The van der Waals surface area contributed by atoms with Crippen LogP contribution in [0.25, 0.3) is 0 Å². The summed E-state index contributed by atoms with van der Waals surface area (Å²) in [6.45, 7) is 0.298. The van der Waals surface area contributed by atoms with Crippen LogP contribution in [-0.4, -0.2) is 6.54 Å². The van der Waals surface area contributed by atoms with Gasteiger partial charge >= 0.3 is 0 Å². The largest absolute Gasteiger partial charge is 0.872 e. The highest BCUT2D eigenvalue weighted by Gasteiger charge is 1.97. The van der Waals surface area contributed by atoms with E-state index in [0.29, 0.717) is 18.5 Å². The Labute approximate surface area is 69.9 Å². The van der Waals surface area contributed by atoms with E-state index in [0.717, 1.165) is 12.1 Å². The topological polar surface area (TPSA) is 92.0 Å². The van der Waals surface area contributed by atoms with Gasteiger partial charge in [0.25, 0.3) is 0 Å². The van der Waals surface area contributed by atoms with Crippen LogP contribution in [0, 0.1) is 0 Å². The van der Waals surface area contributed by atoms with Gasteiger partial charge in [0.2, 0.25) is 0 Å². The average molecular weight is 166 g/mol. The van der Waals surface area contributed by atoms with E-state index >= 15 is 0 Å². The summed E-state index contributed by atoms with van der Waals surface area (Å²) in [6.07, 6.45) is 0.342. The van der Waals surface area contributed by atoms with E-state index in [1.807, 2.05) is 0 Å². The molecule has 2 N–H and O–H groups in total. The molecule has 0 saturated carbocycles. The van der Waals surface area contributed by atoms with Crippen molar-refractivity contribution in [3.05, 3.63) is 17.7 Å². The fourth-order valence-corrected chi connectivity index (χ4v) is 0.934. The molecular formula is C8H8NO3-2. The maximum absolute atomic E-state index is 11.0. The maximum Gasteiger partial charge on any atom is 0.171 e. The van der Waals surface area contributed by atoms with Crippen LogP contribution in [0.3, 0.4) is 0 Å². The van der Waals surface area contributed by atoms with Gasteiger partial charge < -0.3 is 15.9 Å². The SMILES string of the molecule is NCCc1cc([O])c([O-])cc1[O-]. The van der Waals surface area contributed by atoms with Crippen LogP contribution in [0.15, 0.2) is 12.1 Å². The quantitative estimate of drug-likeness (QED) is 0.640. The molecule has 1 rings (SSSR count). The second kappa shape index (κ2) is 3.32. The van der Waals surface area contributed by atoms with E-state index in [4.69, 9.17) is 5.73 Å². The van der Waals surface area contributed by atoms with Gasteiger partial charge in [-0.05, 0) is 19.0 Å². The predicted molar refractivity (Wildman–Crippen MR) is 38.2 cm³/mol. The molecule has 65 valence electrons. The molecule has 1 aromatic rings. The zero-order valence-electron chi connectivity index (χ0n) is 6.37. The first kappa shape index (κ1) is 8.67. The van der Waals surface area contributed by atoms with Crippen LogP contribution in [-0.2, 0) is 11.5 Å². The summed E-state index contributed by atoms with van der Waals surface area (Å²) in [5.41, 5.74) is 5.52. The maximum atomic E-state index is 11.0. The first-order valence-electron chi connectivity index (χ1n) is 3.53. The Hall–Kier alpha value is -1.42. The fourth-order valence-electron chi connectivity index (χ4n) is 0.934. The van der Waals surface area contributed by atoms with E-state index in [1.54, 1.807) is 0 Å². The lowest BCUT2D eigenvalue weighted by atomic mass is 10.1. The molecule has 0 amide bonds. The number of hydrogen-bond donors (Lipinski definition) is 1. The van der Waals surface area contributed by atoms with Crippen molar-refractivity contribution in [1.82, 2.24) is 0 Å². The third-order valence-corrected chi connectivity index (χ3v) is 1.54. The molecule has 0 aromatic heterocycles. The number of nitrogens with two attached hydrogens (primary N) is 1. The van der Waals surface area contributed by atoms with E-state index in [2.05, 4.69) is 0 Å². The van der Waals surface area contributed by atoms with Crippen LogP contribution in [0.4, 0.5) is 0 Å². The second-order valence-electron chi connectivity index (χ2n) is 2.45. The molecule has 0 fully saturated rings. The van der Waals surface area contributed by atoms with Crippen molar-refractivity contribution in [2.75, 3.05) is 6.54 Å². The Morgan fingerprint density at radius 1 is 1.25 bits per heavy atom. The highest BCUT2D eigenvalue weighted by Crippen LogP contribution is 2.29. The lowest BCUT2D eigenvalue weighted by Gasteiger charge is -2.17. The van der Waals surface area contributed by atoms with Crippen molar-refractivity contribution in [3.8, 4) is 17.2 Å². The summed E-state index contributed by atoms with van der Waals surface area (Å²) in [6, 6.07) is 1.88. The number of benzene rings is 1. The highest BCUT2D eigenvalue weighted by atomic mass is 16.3. The molecule has 0 spiro atoms. The monoisotopic (exact) mass is 166 g/mol. The normalized spacial score (nSPS) is 10.1. The smallest absolute Gasteiger partial charge is 0.171 e. The van der Waals surface area contributed by atoms with E-state index in [1.165, 1.54) is 0 Å². The lowest BCUT2D eigenvalue weighted by Crippen LogP contribution is -2.06. The van der Waals surface area contributed by atoms with Crippen molar-refractivity contribution in [1.29, 1.82) is 0 Å². The summed E-state index contributed by atoms with van der Waals surface area (Å²) in [4.78, 5) is 0. The molecular weight excluding hydrogens is 158 g/mol. The average Bonchev–Trinajstić information content (AvgIpc) is 2.01. The van der Waals surface area contributed by atoms with Crippen LogP contribution < -0.4 is 15.9 Å². The van der Waals surface area contributed by atoms with Gasteiger partial charge in [-0.3, -0.25) is 5.11 Å². The minimum atomic E-state index is -0.749. The molecule has 4 heteroatoms. The Morgan fingerprint density at radius 3 is 2.50 bits per heavy atom. The van der Waals surface area contributed by atoms with Gasteiger partial charge in [0.15, 0.2) is 5.75 Å². The van der Waals surface area contributed by atoms with Gasteiger partial charge in [-0.2, -0.15) is 0 Å². The van der Waals surface area contributed by atoms with Gasteiger partial charge in [0, 0.05) is 0 Å². The lowest BCUT2D eigenvalue weighted by molar-refractivity contribution is -0.282. The Balaban J connectivity index is 3.05. The molecule has 4 nitrogen and oxygen atoms in total. The highest BCUT2D eigenvalue weighted by molar-refractivity contribution is 5.47. The van der Waals surface area contributed by atoms with E-state index < -0.39 is 17.2 Å². The second-order valence-corrected chi connectivity index (χ2v) is 2.45. The Morgan fingerprint density at radius 2 is 1.92 bits per heavy atom. The minimum absolute atomic E-state index is 0.298. The van der Waals surface area contributed by atoms with Crippen LogP contribution >= 0.6 is 0 Å². The van der Waals surface area contributed by atoms with Gasteiger partial charge in [-0.15, -0.1) is 5.75 Å². The van der Waals surface area contributed by atoms with Crippen molar-refractivity contribution < 1.29 is 15.3 Å². The molecule has 0 unspecified atom stereocenters. The van der Waals surface area contributed by atoms with Crippen molar-refractivity contribution >= 4 is 0 Å². The molecule has 0 bridgehead atoms. The summed E-state index contributed by atoms with van der Waals surface area (Å²) in [7, 11) is 0. The summed E-state index contributed by atoms with van der Waals surface area (Å²) >= 11 is 0. The van der Waals surface area contributed by atoms with E-state index in [9.17, 15) is 15.3 Å². The summed E-state index contributed by atoms with van der Waals surface area (Å²) < 4.78 is 0. The van der Waals surface area contributed by atoms with Gasteiger partial charge in [0.1, 0.15) is 0 Å². The third kappa shape index (κ3) is 1.60. The van der Waals surface area contributed by atoms with Gasteiger partial charge in [-0.25, -0.2) is 0 Å². The standard InChI is InChI=1S/C8H10NO3/c9-2-1-5-3-7(11)8(12)4-6(5)10/h3-4,10,12H,1-2,9H2/p-2. The van der Waals surface area contributed by atoms with Crippen molar-refractivity contribution in [2.45, 2.75) is 6.42 Å². The van der Waals surface area contributed by atoms with Gasteiger partial charge in [0.05, 0.1) is 0 Å². The Bertz CT molecular complexity index is 286. The molecule has 0 heterocycles. The molecule has 1 radical (unpaired) electrons. The molecule has 1 aromatic carbocycles. The zero-order valence-corrected chi connectivity index (χ0v) is 6.37. The molecule has 0 saturated heterocycles. The minimum Gasteiger partial charge on any atom is -0.872 e. The molecule has 0 aliphatic carbocycles. The zero-order chi connectivity index (χ0) is 9.14. The van der Waals surface area contributed by atoms with Crippen molar-refractivity contribution in [2.24, 2.45) is 5.73 Å². The molecule has 0 atom stereocenters. The molecule has 12 heavy (non-hydrogen) atoms. The number of rotatable bonds is 2. The van der Waals surface area contributed by atoms with Crippen LogP contribution in [0.2, 0.25) is 0 Å². The predicted octanol–water partition coefficient (Wildman–Crippen LogP) is -0.521. The number of hydrogen-bond acceptors (Lipinski definition) is 3. The summed E-state index contributed by atoms with van der Waals surface area (Å²) in [5.74, 6) is -1.79. The summed E-state index contributed by atoms with van der Waals surface area (Å²) in [5, 5.41) is 32.4. The van der Waals surface area contributed by atoms with Crippen molar-refractivity contribution in [3.63, 3.8) is 0 Å². The van der Waals surface area contributed by atoms with E-state index in [-0.39, 0.29) is 0 Å². The van der Waals surface area contributed by atoms with Crippen LogP contribution in [0.5, 0.6) is 17.2 Å². The van der Waals surface area contributed by atoms with Gasteiger partial charge in [-0.1, -0.05) is 17.4 Å². The fraction of sp³-hybridized carbons (Fsp3) is 0.250. The third-order valence-electron chi connectivity index (χ3n) is 1.54. The molecule has 0 aliphatic heterocycles. The first-order chi connectivity index (χ1) is 5.65. The Kier molecular flexibility index (Phi) is 2.40. The first-order valence-corrected chi connectivity index (χ1v) is 3.53.